The van der Waals surface area contributed by atoms with E-state index in [-0.39, 0.29) is 0 Å². The molecular weight excluding hydrogens is 188 g/mol. The Morgan fingerprint density at radius 1 is 1.33 bits per heavy atom. The lowest BCUT2D eigenvalue weighted by atomic mass is 10.1. The largest absolute Gasteiger partial charge is 0.383 e. The lowest BCUT2D eigenvalue weighted by Gasteiger charge is -2.08. The van der Waals surface area contributed by atoms with Gasteiger partial charge in [-0.05, 0) is 31.5 Å². The van der Waals surface area contributed by atoms with E-state index in [0.29, 0.717) is 5.57 Å². The smallest absolute Gasteiger partial charge is 0.153 e. The van der Waals surface area contributed by atoms with Crippen molar-refractivity contribution in [2.45, 2.75) is 13.8 Å². The average molecular weight is 204 g/mol. The second-order valence-corrected chi connectivity index (χ2v) is 3.84. The van der Waals surface area contributed by atoms with Crippen LogP contribution < -0.4 is 0 Å². The molecule has 3 heteroatoms. The highest BCUT2D eigenvalue weighted by Gasteiger charge is 2.04. The van der Waals surface area contributed by atoms with Gasteiger partial charge in [0.05, 0.1) is 11.3 Å². The lowest BCUT2D eigenvalue weighted by Crippen LogP contribution is -2.04. The van der Waals surface area contributed by atoms with E-state index in [1.807, 2.05) is 45.0 Å². The summed E-state index contributed by atoms with van der Waals surface area (Å²) in [5.41, 5.74) is 3.38. The van der Waals surface area contributed by atoms with E-state index in [1.165, 1.54) is 0 Å². The predicted molar refractivity (Wildman–Crippen MR) is 61.4 cm³/mol. The highest BCUT2D eigenvalue weighted by Crippen LogP contribution is 2.12. The van der Waals surface area contributed by atoms with Gasteiger partial charge in [0, 0.05) is 26.0 Å². The minimum atomic E-state index is 0.604. The summed E-state index contributed by atoms with van der Waals surface area (Å²) in [6, 6.07) is 3.90. The van der Waals surface area contributed by atoms with Crippen molar-refractivity contribution in [1.29, 1.82) is 0 Å². The van der Waals surface area contributed by atoms with Crippen molar-refractivity contribution >= 4 is 11.9 Å². The zero-order chi connectivity index (χ0) is 11.4. The SMILES string of the molecule is Cc1cc(C)nc(C(C=O)=CN(C)C)c1. The summed E-state index contributed by atoms with van der Waals surface area (Å²) in [5.74, 6) is 0. The standard InChI is InChI=1S/C12H16N2O/c1-9-5-10(2)13-12(6-9)11(8-15)7-14(3)4/h5-8H,1-4H3. The van der Waals surface area contributed by atoms with E-state index in [4.69, 9.17) is 0 Å². The van der Waals surface area contributed by atoms with Crippen molar-refractivity contribution in [2.24, 2.45) is 0 Å². The summed E-state index contributed by atoms with van der Waals surface area (Å²) in [4.78, 5) is 17.1. The third-order valence-electron chi connectivity index (χ3n) is 1.92. The first kappa shape index (κ1) is 11.4. The Morgan fingerprint density at radius 3 is 2.47 bits per heavy atom. The van der Waals surface area contributed by atoms with Gasteiger partial charge in [-0.15, -0.1) is 0 Å². The normalized spacial score (nSPS) is 11.3. The Labute approximate surface area is 90.4 Å². The van der Waals surface area contributed by atoms with Crippen molar-refractivity contribution in [2.75, 3.05) is 14.1 Å². The topological polar surface area (TPSA) is 33.2 Å². The van der Waals surface area contributed by atoms with Crippen molar-refractivity contribution in [3.63, 3.8) is 0 Å². The molecule has 0 atom stereocenters. The fourth-order valence-electron chi connectivity index (χ4n) is 1.42. The van der Waals surface area contributed by atoms with E-state index in [0.717, 1.165) is 23.2 Å². The van der Waals surface area contributed by atoms with Crippen molar-refractivity contribution in [1.82, 2.24) is 9.88 Å². The number of hydrogen-bond donors (Lipinski definition) is 0. The molecule has 15 heavy (non-hydrogen) atoms. The van der Waals surface area contributed by atoms with E-state index in [9.17, 15) is 4.79 Å². The Bertz CT molecular complexity index is 374. The summed E-state index contributed by atoms with van der Waals surface area (Å²) in [6.07, 6.45) is 2.61. The Morgan fingerprint density at radius 2 is 2.00 bits per heavy atom. The molecule has 0 fully saturated rings. The number of carbonyl (C=O) groups excluding carboxylic acids is 1. The third-order valence-corrected chi connectivity index (χ3v) is 1.92. The molecule has 0 spiro atoms. The van der Waals surface area contributed by atoms with Gasteiger partial charge < -0.3 is 4.90 Å². The summed E-state index contributed by atoms with van der Waals surface area (Å²) < 4.78 is 0. The number of pyridine rings is 1. The molecule has 1 aromatic rings. The number of carbonyl (C=O) groups is 1. The maximum absolute atomic E-state index is 10.9. The molecule has 0 aromatic carbocycles. The summed E-state index contributed by atoms with van der Waals surface area (Å²) in [5, 5.41) is 0. The zero-order valence-electron chi connectivity index (χ0n) is 9.61. The maximum Gasteiger partial charge on any atom is 0.153 e. The molecule has 1 heterocycles. The van der Waals surface area contributed by atoms with Gasteiger partial charge in [-0.3, -0.25) is 9.78 Å². The lowest BCUT2D eigenvalue weighted by molar-refractivity contribution is -0.103. The summed E-state index contributed by atoms with van der Waals surface area (Å²) in [7, 11) is 3.76. The van der Waals surface area contributed by atoms with E-state index in [1.54, 1.807) is 6.20 Å². The Kier molecular flexibility index (Phi) is 3.61. The first-order valence-electron chi connectivity index (χ1n) is 4.82. The molecule has 0 N–H and O–H groups in total. The van der Waals surface area contributed by atoms with Crippen LogP contribution in [0, 0.1) is 13.8 Å². The molecule has 0 aliphatic carbocycles. The second-order valence-electron chi connectivity index (χ2n) is 3.84. The Balaban J connectivity index is 3.18. The molecule has 0 bridgehead atoms. The van der Waals surface area contributed by atoms with Gasteiger partial charge in [0.2, 0.25) is 0 Å². The van der Waals surface area contributed by atoms with E-state index < -0.39 is 0 Å². The maximum atomic E-state index is 10.9. The van der Waals surface area contributed by atoms with Gasteiger partial charge >= 0.3 is 0 Å². The number of aldehydes is 1. The van der Waals surface area contributed by atoms with Crippen LogP contribution in [0.3, 0.4) is 0 Å². The van der Waals surface area contributed by atoms with Gasteiger partial charge in [-0.1, -0.05) is 0 Å². The van der Waals surface area contributed by atoms with Crippen molar-refractivity contribution < 1.29 is 4.79 Å². The Hall–Kier alpha value is -1.64. The zero-order valence-corrected chi connectivity index (χ0v) is 9.61. The molecule has 0 aliphatic heterocycles. The van der Waals surface area contributed by atoms with Crippen LogP contribution in [0.4, 0.5) is 0 Å². The van der Waals surface area contributed by atoms with Crippen LogP contribution in [-0.4, -0.2) is 30.3 Å². The molecular formula is C12H16N2O. The molecule has 0 saturated carbocycles. The number of rotatable bonds is 3. The van der Waals surface area contributed by atoms with Crippen LogP contribution in [0.25, 0.3) is 5.57 Å². The highest BCUT2D eigenvalue weighted by atomic mass is 16.1. The number of allylic oxidation sites excluding steroid dienone is 1. The molecule has 1 rings (SSSR count). The third kappa shape index (κ3) is 3.20. The van der Waals surface area contributed by atoms with Crippen LogP contribution >= 0.6 is 0 Å². The average Bonchev–Trinajstić information content (AvgIpc) is 2.12. The van der Waals surface area contributed by atoms with Crippen LogP contribution in [0.2, 0.25) is 0 Å². The monoisotopic (exact) mass is 204 g/mol. The first-order valence-corrected chi connectivity index (χ1v) is 4.82. The van der Waals surface area contributed by atoms with Gasteiger partial charge in [0.1, 0.15) is 0 Å². The van der Waals surface area contributed by atoms with Crippen LogP contribution in [0.5, 0.6) is 0 Å². The molecule has 0 aliphatic rings. The molecule has 0 amide bonds. The summed E-state index contributed by atoms with van der Waals surface area (Å²) >= 11 is 0. The van der Waals surface area contributed by atoms with Gasteiger partial charge in [0.25, 0.3) is 0 Å². The fraction of sp³-hybridized carbons (Fsp3) is 0.333. The predicted octanol–water partition coefficient (Wildman–Crippen LogP) is 1.80. The number of aryl methyl sites for hydroxylation is 2. The summed E-state index contributed by atoms with van der Waals surface area (Å²) in [6.45, 7) is 3.92. The van der Waals surface area contributed by atoms with Crippen molar-refractivity contribution in [3.05, 3.63) is 35.3 Å². The molecule has 0 unspecified atom stereocenters. The minimum Gasteiger partial charge on any atom is -0.383 e. The van der Waals surface area contributed by atoms with Gasteiger partial charge in [-0.2, -0.15) is 0 Å². The van der Waals surface area contributed by atoms with Gasteiger partial charge in [-0.25, -0.2) is 0 Å². The molecule has 3 nitrogen and oxygen atoms in total. The van der Waals surface area contributed by atoms with Crippen LogP contribution in [0.15, 0.2) is 18.3 Å². The fourth-order valence-corrected chi connectivity index (χ4v) is 1.42. The molecule has 0 saturated heterocycles. The molecule has 0 radical (unpaired) electrons. The molecule has 80 valence electrons. The molecule has 1 aromatic heterocycles. The van der Waals surface area contributed by atoms with E-state index >= 15 is 0 Å². The number of nitrogens with zero attached hydrogens (tertiary/aromatic N) is 2. The van der Waals surface area contributed by atoms with Gasteiger partial charge in [0.15, 0.2) is 6.29 Å². The van der Waals surface area contributed by atoms with Crippen LogP contribution in [0.1, 0.15) is 17.0 Å². The quantitative estimate of drug-likeness (QED) is 0.556. The van der Waals surface area contributed by atoms with Crippen molar-refractivity contribution in [3.8, 4) is 0 Å². The number of hydrogen-bond acceptors (Lipinski definition) is 3. The number of aromatic nitrogens is 1. The minimum absolute atomic E-state index is 0.604. The van der Waals surface area contributed by atoms with Crippen LogP contribution in [-0.2, 0) is 4.79 Å². The highest BCUT2D eigenvalue weighted by molar-refractivity contribution is 6.05. The first-order chi connectivity index (χ1) is 7.02. The second kappa shape index (κ2) is 4.73. The van der Waals surface area contributed by atoms with E-state index in [2.05, 4.69) is 4.98 Å².